The van der Waals surface area contributed by atoms with E-state index in [2.05, 4.69) is 9.72 Å². The van der Waals surface area contributed by atoms with Gasteiger partial charge in [0, 0.05) is 11.4 Å². The van der Waals surface area contributed by atoms with E-state index in [0.717, 1.165) is 18.4 Å². The molecule has 0 radical (unpaired) electrons. The van der Waals surface area contributed by atoms with E-state index in [0.29, 0.717) is 11.6 Å². The first kappa shape index (κ1) is 16.9. The Balaban J connectivity index is 1.74. The molecule has 1 atom stereocenters. The van der Waals surface area contributed by atoms with Crippen molar-refractivity contribution >= 4 is 34.8 Å². The van der Waals surface area contributed by atoms with Crippen LogP contribution in [0.15, 0.2) is 35.7 Å². The Bertz CT molecular complexity index is 730. The molecule has 5 nitrogen and oxygen atoms in total. The van der Waals surface area contributed by atoms with E-state index in [1.807, 2.05) is 30.3 Å². The van der Waals surface area contributed by atoms with E-state index < -0.39 is 11.3 Å². The van der Waals surface area contributed by atoms with Crippen LogP contribution in [0.5, 0.6) is 0 Å². The van der Waals surface area contributed by atoms with Crippen molar-refractivity contribution in [2.75, 3.05) is 7.11 Å². The third-order valence-electron chi connectivity index (χ3n) is 3.83. The van der Waals surface area contributed by atoms with Crippen molar-refractivity contribution < 1.29 is 14.3 Å². The van der Waals surface area contributed by atoms with Crippen molar-refractivity contribution in [1.82, 2.24) is 9.88 Å². The summed E-state index contributed by atoms with van der Waals surface area (Å²) in [6, 6.07) is 9.51. The molecule has 1 aromatic heterocycles. The maximum Gasteiger partial charge on any atom is 0.357 e. The number of ether oxygens (including phenoxy) is 1. The lowest BCUT2D eigenvalue weighted by atomic mass is 10.1. The maximum atomic E-state index is 12.8. The number of benzene rings is 1. The van der Waals surface area contributed by atoms with Crippen molar-refractivity contribution in [2.45, 2.75) is 30.8 Å². The highest BCUT2D eigenvalue weighted by Crippen LogP contribution is 2.33. The molecule has 1 aliphatic rings. The number of carbonyl (C=O) groups excluding carboxylic acids is 2. The van der Waals surface area contributed by atoms with E-state index in [9.17, 15) is 9.59 Å². The Morgan fingerprint density at radius 1 is 1.38 bits per heavy atom. The molecule has 24 heavy (non-hydrogen) atoms. The Morgan fingerprint density at radius 3 is 2.71 bits per heavy atom. The lowest BCUT2D eigenvalue weighted by Gasteiger charge is -2.24. The fraction of sp³-hybridized carbons (Fsp3) is 0.353. The molecule has 1 fully saturated rings. The number of esters is 1. The monoisotopic (exact) mass is 364 g/mol. The third-order valence-corrected chi connectivity index (χ3v) is 5.10. The number of hydrogen-bond acceptors (Lipinski definition) is 5. The van der Waals surface area contributed by atoms with Crippen molar-refractivity contribution in [2.24, 2.45) is 0 Å². The first-order chi connectivity index (χ1) is 11.6. The molecule has 1 aliphatic carbocycles. The molecule has 2 aromatic rings. The third kappa shape index (κ3) is 3.76. The van der Waals surface area contributed by atoms with Gasteiger partial charge in [-0.25, -0.2) is 9.78 Å². The van der Waals surface area contributed by atoms with Gasteiger partial charge in [0.15, 0.2) is 5.69 Å². The van der Waals surface area contributed by atoms with Crippen molar-refractivity contribution in [3.63, 3.8) is 0 Å². The lowest BCUT2D eigenvalue weighted by Crippen LogP contribution is -2.35. The lowest BCUT2D eigenvalue weighted by molar-refractivity contribution is -0.132. The average molecular weight is 365 g/mol. The summed E-state index contributed by atoms with van der Waals surface area (Å²) >= 11 is 7.73. The summed E-state index contributed by atoms with van der Waals surface area (Å²) in [6.45, 7) is 0.362. The van der Waals surface area contributed by atoms with Gasteiger partial charge in [-0.05, 0) is 18.4 Å². The molecule has 0 N–H and O–H groups in total. The van der Waals surface area contributed by atoms with Crippen LogP contribution >= 0.6 is 22.9 Å². The number of amides is 1. The number of alkyl halides is 1. The molecule has 126 valence electrons. The van der Waals surface area contributed by atoms with Crippen LogP contribution in [0.2, 0.25) is 0 Å². The minimum atomic E-state index is -0.716. The molecule has 1 saturated carbocycles. The van der Waals surface area contributed by atoms with Crippen LogP contribution in [0, 0.1) is 0 Å². The van der Waals surface area contributed by atoms with Gasteiger partial charge in [-0.2, -0.15) is 0 Å². The minimum absolute atomic E-state index is 0.125. The Morgan fingerprint density at radius 2 is 2.08 bits per heavy atom. The highest BCUT2D eigenvalue weighted by atomic mass is 35.5. The van der Waals surface area contributed by atoms with Crippen LogP contribution < -0.4 is 0 Å². The number of rotatable bonds is 6. The van der Waals surface area contributed by atoms with Crippen LogP contribution in [0.3, 0.4) is 0 Å². The summed E-state index contributed by atoms with van der Waals surface area (Å²) in [5.74, 6) is -0.596. The first-order valence-corrected chi connectivity index (χ1v) is 8.94. The Kier molecular flexibility index (Phi) is 5.16. The van der Waals surface area contributed by atoms with E-state index >= 15 is 0 Å². The summed E-state index contributed by atoms with van der Waals surface area (Å²) in [6.07, 6.45) is 1.94. The highest BCUT2D eigenvalue weighted by molar-refractivity contribution is 7.09. The van der Waals surface area contributed by atoms with Crippen molar-refractivity contribution in [3.05, 3.63) is 52.0 Å². The van der Waals surface area contributed by atoms with Gasteiger partial charge < -0.3 is 9.64 Å². The fourth-order valence-electron chi connectivity index (χ4n) is 2.41. The molecule has 7 heteroatoms. The van der Waals surface area contributed by atoms with Gasteiger partial charge in [-0.1, -0.05) is 30.3 Å². The zero-order valence-electron chi connectivity index (χ0n) is 13.1. The molecule has 0 saturated heterocycles. The molecule has 0 aliphatic heterocycles. The molecule has 1 unspecified atom stereocenters. The van der Waals surface area contributed by atoms with Gasteiger partial charge in [0.05, 0.1) is 13.7 Å². The second-order valence-corrected chi connectivity index (χ2v) is 6.97. The number of methoxy groups -OCH3 is 1. The Labute approximate surface area is 149 Å². The summed E-state index contributed by atoms with van der Waals surface area (Å²) in [4.78, 5) is 30.3. The van der Waals surface area contributed by atoms with Crippen LogP contribution in [0.25, 0.3) is 0 Å². The Hall–Kier alpha value is -1.92. The van der Waals surface area contributed by atoms with Gasteiger partial charge in [0.2, 0.25) is 5.91 Å². The number of nitrogens with zero attached hydrogens (tertiary/aromatic N) is 2. The number of thiazole rings is 1. The van der Waals surface area contributed by atoms with Crippen LogP contribution in [0.4, 0.5) is 0 Å². The predicted octanol–water partition coefficient (Wildman–Crippen LogP) is 3.40. The van der Waals surface area contributed by atoms with Gasteiger partial charge in [-0.15, -0.1) is 22.9 Å². The van der Waals surface area contributed by atoms with Crippen LogP contribution in [-0.2, 0) is 16.1 Å². The second-order valence-electron chi connectivity index (χ2n) is 5.59. The van der Waals surface area contributed by atoms with Crippen LogP contribution in [-0.4, -0.2) is 34.9 Å². The second kappa shape index (κ2) is 7.32. The topological polar surface area (TPSA) is 59.5 Å². The smallest absolute Gasteiger partial charge is 0.357 e. The predicted molar refractivity (Wildman–Crippen MR) is 92.1 cm³/mol. The summed E-state index contributed by atoms with van der Waals surface area (Å²) in [5.41, 5.74) is 1.05. The van der Waals surface area contributed by atoms with E-state index in [1.54, 1.807) is 10.3 Å². The fourth-order valence-corrected chi connectivity index (χ4v) is 3.44. The number of aromatic nitrogens is 1. The minimum Gasteiger partial charge on any atom is -0.464 e. The van der Waals surface area contributed by atoms with Crippen molar-refractivity contribution in [3.8, 4) is 0 Å². The molecule has 1 aromatic carbocycles. The largest absolute Gasteiger partial charge is 0.464 e. The quantitative estimate of drug-likeness (QED) is 0.582. The van der Waals surface area contributed by atoms with Gasteiger partial charge in [-0.3, -0.25) is 4.79 Å². The number of carbonyl (C=O) groups is 2. The maximum absolute atomic E-state index is 12.8. The molecular weight excluding hydrogens is 348 g/mol. The zero-order chi connectivity index (χ0) is 17.1. The molecular formula is C17H17ClN2O3S. The zero-order valence-corrected chi connectivity index (χ0v) is 14.7. The summed E-state index contributed by atoms with van der Waals surface area (Å²) in [5, 5.41) is 1.63. The molecule has 3 rings (SSSR count). The average Bonchev–Trinajstić information content (AvgIpc) is 3.36. The standard InChI is InChI=1S/C17H17ClN2O3S/c1-23-17(22)13-10-24-14(19-13)9-20(12-7-8-12)16(21)15(18)11-5-3-2-4-6-11/h2-6,10,12,15H,7-9H2,1H3. The number of hydrogen-bond donors (Lipinski definition) is 0. The molecule has 1 amide bonds. The van der Waals surface area contributed by atoms with Crippen LogP contribution in [0.1, 0.15) is 39.3 Å². The SMILES string of the molecule is COC(=O)c1csc(CN(C(=O)C(Cl)c2ccccc2)C2CC2)n1. The van der Waals surface area contributed by atoms with E-state index in [4.69, 9.17) is 11.6 Å². The van der Waals surface area contributed by atoms with Crippen molar-refractivity contribution in [1.29, 1.82) is 0 Å². The normalized spacial score (nSPS) is 14.9. The van der Waals surface area contributed by atoms with Gasteiger partial charge in [0.25, 0.3) is 0 Å². The summed E-state index contributed by atoms with van der Waals surface area (Å²) in [7, 11) is 1.32. The van der Waals surface area contributed by atoms with E-state index in [-0.39, 0.29) is 17.6 Å². The highest BCUT2D eigenvalue weighted by Gasteiger charge is 2.36. The van der Waals surface area contributed by atoms with Gasteiger partial charge >= 0.3 is 5.97 Å². The first-order valence-electron chi connectivity index (χ1n) is 7.62. The summed E-state index contributed by atoms with van der Waals surface area (Å²) < 4.78 is 4.66. The van der Waals surface area contributed by atoms with E-state index in [1.165, 1.54) is 18.4 Å². The van der Waals surface area contributed by atoms with Gasteiger partial charge in [0.1, 0.15) is 10.4 Å². The molecule has 0 bridgehead atoms. The number of halogens is 1. The molecule has 1 heterocycles. The molecule has 0 spiro atoms.